The number of aromatic nitrogens is 4. The summed E-state index contributed by atoms with van der Waals surface area (Å²) in [7, 11) is 0. The minimum Gasteiger partial charge on any atom is -0.369 e. The Morgan fingerprint density at radius 2 is 2.00 bits per heavy atom. The van der Waals surface area contributed by atoms with Gasteiger partial charge in [0, 0.05) is 42.8 Å². The SMILES string of the molecule is CCN(CC)C(C)C1CN(c2ccc3nc(-c4n[nH]c5cc(F)ccc45)[nH]c3c2)CCN1. The Morgan fingerprint density at radius 3 is 2.81 bits per heavy atom. The van der Waals surface area contributed by atoms with Gasteiger partial charge in [0.15, 0.2) is 5.82 Å². The summed E-state index contributed by atoms with van der Waals surface area (Å²) >= 11 is 0. The van der Waals surface area contributed by atoms with Crippen molar-refractivity contribution in [3.63, 3.8) is 0 Å². The molecule has 3 heterocycles. The smallest absolute Gasteiger partial charge is 0.159 e. The Bertz CT molecular complexity index is 1230. The molecule has 2 unspecified atom stereocenters. The van der Waals surface area contributed by atoms with E-state index in [1.54, 1.807) is 6.07 Å². The molecule has 0 radical (unpaired) electrons. The lowest BCUT2D eigenvalue weighted by Gasteiger charge is -2.41. The maximum Gasteiger partial charge on any atom is 0.159 e. The molecule has 2 aromatic carbocycles. The zero-order chi connectivity index (χ0) is 22.2. The summed E-state index contributed by atoms with van der Waals surface area (Å²) in [5.74, 6) is 0.398. The normalized spacial score (nSPS) is 18.2. The second-order valence-electron chi connectivity index (χ2n) is 8.52. The van der Waals surface area contributed by atoms with Gasteiger partial charge in [0.2, 0.25) is 0 Å². The molecule has 8 heteroatoms. The van der Waals surface area contributed by atoms with Crippen LogP contribution in [0.3, 0.4) is 0 Å². The highest BCUT2D eigenvalue weighted by atomic mass is 19.1. The third kappa shape index (κ3) is 3.73. The Balaban J connectivity index is 1.41. The molecular weight excluding hydrogens is 405 g/mol. The van der Waals surface area contributed by atoms with Crippen molar-refractivity contribution in [2.24, 2.45) is 0 Å². The first-order chi connectivity index (χ1) is 15.6. The molecule has 2 aromatic heterocycles. The maximum atomic E-state index is 13.5. The summed E-state index contributed by atoms with van der Waals surface area (Å²) in [6.07, 6.45) is 0. The van der Waals surface area contributed by atoms with E-state index in [-0.39, 0.29) is 5.82 Å². The van der Waals surface area contributed by atoms with Gasteiger partial charge >= 0.3 is 0 Å². The van der Waals surface area contributed by atoms with Crippen LogP contribution in [0.4, 0.5) is 10.1 Å². The minimum atomic E-state index is -0.286. The van der Waals surface area contributed by atoms with Crippen LogP contribution in [0.25, 0.3) is 33.5 Å². The summed E-state index contributed by atoms with van der Waals surface area (Å²) in [6.45, 7) is 11.8. The van der Waals surface area contributed by atoms with Crippen molar-refractivity contribution in [2.45, 2.75) is 32.9 Å². The van der Waals surface area contributed by atoms with E-state index in [0.717, 1.165) is 49.1 Å². The molecule has 3 N–H and O–H groups in total. The van der Waals surface area contributed by atoms with Crippen molar-refractivity contribution >= 4 is 27.6 Å². The van der Waals surface area contributed by atoms with Gasteiger partial charge in [-0.05, 0) is 56.4 Å². The number of aromatic amines is 2. The molecule has 1 aliphatic rings. The van der Waals surface area contributed by atoms with Crippen molar-refractivity contribution in [2.75, 3.05) is 37.6 Å². The van der Waals surface area contributed by atoms with Gasteiger partial charge < -0.3 is 15.2 Å². The first-order valence-corrected chi connectivity index (χ1v) is 11.4. The fourth-order valence-corrected chi connectivity index (χ4v) is 4.87. The predicted octanol–water partition coefficient (Wildman–Crippen LogP) is 3.75. The number of likely N-dealkylation sites (N-methyl/N-ethyl adjacent to an activating group) is 1. The lowest BCUT2D eigenvalue weighted by molar-refractivity contribution is 0.180. The van der Waals surface area contributed by atoms with Crippen LogP contribution >= 0.6 is 0 Å². The largest absolute Gasteiger partial charge is 0.369 e. The van der Waals surface area contributed by atoms with E-state index >= 15 is 0 Å². The van der Waals surface area contributed by atoms with Crippen LogP contribution in [0.15, 0.2) is 36.4 Å². The molecule has 1 fully saturated rings. The van der Waals surface area contributed by atoms with Gasteiger partial charge in [0.25, 0.3) is 0 Å². The zero-order valence-electron chi connectivity index (χ0n) is 18.8. The Labute approximate surface area is 187 Å². The van der Waals surface area contributed by atoms with E-state index in [0.29, 0.717) is 29.1 Å². The van der Waals surface area contributed by atoms with Crippen LogP contribution in [0.5, 0.6) is 0 Å². The van der Waals surface area contributed by atoms with E-state index in [2.05, 4.69) is 69.3 Å². The highest BCUT2D eigenvalue weighted by Crippen LogP contribution is 2.29. The van der Waals surface area contributed by atoms with E-state index in [1.807, 2.05) is 0 Å². The van der Waals surface area contributed by atoms with Gasteiger partial charge in [-0.15, -0.1) is 0 Å². The van der Waals surface area contributed by atoms with Gasteiger partial charge in [-0.25, -0.2) is 9.37 Å². The van der Waals surface area contributed by atoms with Crippen LogP contribution in [-0.4, -0.2) is 69.9 Å². The van der Waals surface area contributed by atoms with E-state index in [4.69, 9.17) is 4.98 Å². The van der Waals surface area contributed by atoms with Crippen LogP contribution in [0.2, 0.25) is 0 Å². The van der Waals surface area contributed by atoms with E-state index < -0.39 is 0 Å². The minimum absolute atomic E-state index is 0.286. The molecule has 2 atom stereocenters. The lowest BCUT2D eigenvalue weighted by atomic mass is 10.0. The summed E-state index contributed by atoms with van der Waals surface area (Å²) in [5.41, 5.74) is 4.43. The number of halogens is 1. The third-order valence-corrected chi connectivity index (χ3v) is 6.76. The van der Waals surface area contributed by atoms with Crippen molar-refractivity contribution in [3.8, 4) is 11.5 Å². The summed E-state index contributed by atoms with van der Waals surface area (Å²) < 4.78 is 13.5. The molecular formula is C24H30FN7. The number of rotatable bonds is 6. The van der Waals surface area contributed by atoms with Gasteiger partial charge in [0.1, 0.15) is 11.5 Å². The molecule has 0 bridgehead atoms. The third-order valence-electron chi connectivity index (χ3n) is 6.76. The molecule has 1 saturated heterocycles. The molecule has 32 heavy (non-hydrogen) atoms. The Hall–Kier alpha value is -2.97. The molecule has 168 valence electrons. The number of fused-ring (bicyclic) bond motifs is 2. The zero-order valence-corrected chi connectivity index (χ0v) is 18.8. The van der Waals surface area contributed by atoms with Gasteiger partial charge in [0.05, 0.1) is 16.6 Å². The Morgan fingerprint density at radius 1 is 1.16 bits per heavy atom. The highest BCUT2D eigenvalue weighted by Gasteiger charge is 2.27. The first-order valence-electron chi connectivity index (χ1n) is 11.4. The summed E-state index contributed by atoms with van der Waals surface area (Å²) in [5, 5.41) is 11.8. The van der Waals surface area contributed by atoms with Crippen molar-refractivity contribution in [3.05, 3.63) is 42.2 Å². The van der Waals surface area contributed by atoms with Gasteiger partial charge in [-0.3, -0.25) is 10.00 Å². The van der Waals surface area contributed by atoms with Crippen LogP contribution < -0.4 is 10.2 Å². The second-order valence-corrected chi connectivity index (χ2v) is 8.52. The number of nitrogens with one attached hydrogen (secondary N) is 3. The summed E-state index contributed by atoms with van der Waals surface area (Å²) in [4.78, 5) is 13.1. The van der Waals surface area contributed by atoms with Crippen molar-refractivity contribution < 1.29 is 4.39 Å². The number of nitrogens with zero attached hydrogens (tertiary/aromatic N) is 4. The first kappa shape index (κ1) is 20.9. The molecule has 5 rings (SSSR count). The van der Waals surface area contributed by atoms with Gasteiger partial charge in [-0.2, -0.15) is 5.10 Å². The molecule has 7 nitrogen and oxygen atoms in total. The van der Waals surface area contributed by atoms with Gasteiger partial charge in [-0.1, -0.05) is 13.8 Å². The van der Waals surface area contributed by atoms with Crippen LogP contribution in [0, 0.1) is 5.82 Å². The monoisotopic (exact) mass is 435 g/mol. The average Bonchev–Trinajstić information content (AvgIpc) is 3.42. The van der Waals surface area contributed by atoms with E-state index in [1.165, 1.54) is 17.8 Å². The highest BCUT2D eigenvalue weighted by molar-refractivity contribution is 5.93. The number of anilines is 1. The summed E-state index contributed by atoms with van der Waals surface area (Å²) in [6, 6.07) is 11.9. The number of piperazine rings is 1. The number of H-pyrrole nitrogens is 2. The molecule has 0 amide bonds. The molecule has 0 spiro atoms. The second kappa shape index (κ2) is 8.52. The topological polar surface area (TPSA) is 75.9 Å². The lowest BCUT2D eigenvalue weighted by Crippen LogP contribution is -2.59. The van der Waals surface area contributed by atoms with E-state index in [9.17, 15) is 4.39 Å². The average molecular weight is 436 g/mol. The molecule has 4 aromatic rings. The fourth-order valence-electron chi connectivity index (χ4n) is 4.87. The predicted molar refractivity (Wildman–Crippen MR) is 128 cm³/mol. The molecule has 0 aliphatic carbocycles. The standard InChI is InChI=1S/C24H30FN7/c1-4-31(5-2)15(3)22-14-32(11-10-26-22)17-7-9-19-21(13-17)28-24(27-19)23-18-8-6-16(25)12-20(18)29-30-23/h6-9,12-13,15,22,26H,4-5,10-11,14H2,1-3H3,(H,27,28)(H,29,30). The van der Waals surface area contributed by atoms with Crippen molar-refractivity contribution in [1.29, 1.82) is 0 Å². The quantitative estimate of drug-likeness (QED) is 0.430. The number of benzene rings is 2. The number of hydrogen-bond donors (Lipinski definition) is 3. The molecule has 0 saturated carbocycles. The Kier molecular flexibility index (Phi) is 5.57. The van der Waals surface area contributed by atoms with Crippen LogP contribution in [-0.2, 0) is 0 Å². The molecule has 1 aliphatic heterocycles. The van der Waals surface area contributed by atoms with Crippen molar-refractivity contribution in [1.82, 2.24) is 30.4 Å². The number of hydrogen-bond acceptors (Lipinski definition) is 5. The fraction of sp³-hybridized carbons (Fsp3) is 0.417. The maximum absolute atomic E-state index is 13.5. The number of imidazole rings is 1. The van der Waals surface area contributed by atoms with Crippen LogP contribution in [0.1, 0.15) is 20.8 Å².